The molecule has 1 nitrogen and oxygen atoms in total. The van der Waals surface area contributed by atoms with E-state index >= 15 is 0 Å². The van der Waals surface area contributed by atoms with Gasteiger partial charge in [-0.15, -0.1) is 0 Å². The number of rotatable bonds is 11. The summed E-state index contributed by atoms with van der Waals surface area (Å²) in [7, 11) is 0. The van der Waals surface area contributed by atoms with Crippen molar-refractivity contribution in [2.45, 2.75) is 71.6 Å². The van der Waals surface area contributed by atoms with Gasteiger partial charge < -0.3 is 5.32 Å². The van der Waals surface area contributed by atoms with Crippen molar-refractivity contribution in [1.82, 2.24) is 5.32 Å². The predicted molar refractivity (Wildman–Crippen MR) is 65.2 cm³/mol. The predicted octanol–water partition coefficient (Wildman–Crippen LogP) is 4.29. The van der Waals surface area contributed by atoms with Gasteiger partial charge in [0.25, 0.3) is 0 Å². The lowest BCUT2D eigenvalue weighted by Gasteiger charge is -2.02. The molecule has 0 bridgehead atoms. The second kappa shape index (κ2) is 13.0. The highest BCUT2D eigenvalue weighted by Crippen LogP contribution is 2.09. The lowest BCUT2D eigenvalue weighted by molar-refractivity contribution is 0.558. The van der Waals surface area contributed by atoms with Gasteiger partial charge in [0.15, 0.2) is 0 Å². The fourth-order valence-electron chi connectivity index (χ4n) is 1.68. The molecule has 0 aromatic carbocycles. The lowest BCUT2D eigenvalue weighted by atomic mass is 10.1. The molecular formula is C13H28N. The van der Waals surface area contributed by atoms with Gasteiger partial charge in [-0.25, -0.2) is 0 Å². The molecule has 0 atom stereocenters. The first-order valence-corrected chi connectivity index (χ1v) is 6.43. The maximum Gasteiger partial charge on any atom is 0.0190 e. The molecule has 0 fully saturated rings. The molecule has 85 valence electrons. The number of unbranched alkanes of at least 4 members (excludes halogenated alkanes) is 8. The first-order chi connectivity index (χ1) is 6.91. The average Bonchev–Trinajstić information content (AvgIpc) is 2.21. The summed E-state index contributed by atoms with van der Waals surface area (Å²) in [5.41, 5.74) is 0. The molecule has 0 aliphatic heterocycles. The second-order valence-corrected chi connectivity index (χ2v) is 4.07. The normalized spacial score (nSPS) is 10.7. The second-order valence-electron chi connectivity index (χ2n) is 4.07. The van der Waals surface area contributed by atoms with Crippen LogP contribution in [-0.2, 0) is 0 Å². The minimum atomic E-state index is 1.16. The Morgan fingerprint density at radius 2 is 1.29 bits per heavy atom. The molecule has 0 aromatic heterocycles. The standard InChI is InChI=1S/C13H28N/c1-3-5-6-7-8-9-10-11-12-13-14-4-2/h4,14H,3,5-13H2,1-2H3. The van der Waals surface area contributed by atoms with Gasteiger partial charge in [0.2, 0.25) is 0 Å². The van der Waals surface area contributed by atoms with Crippen LogP contribution >= 0.6 is 0 Å². The SMILES string of the molecule is C[CH]NCCCCCCCCCCC. The van der Waals surface area contributed by atoms with Crippen LogP contribution in [0, 0.1) is 6.54 Å². The monoisotopic (exact) mass is 198 g/mol. The molecule has 0 spiro atoms. The lowest BCUT2D eigenvalue weighted by Crippen LogP contribution is -2.08. The van der Waals surface area contributed by atoms with Gasteiger partial charge in [0.05, 0.1) is 0 Å². The Kier molecular flexibility index (Phi) is 12.9. The molecular weight excluding hydrogens is 170 g/mol. The highest BCUT2D eigenvalue weighted by Gasteiger charge is 1.91. The first-order valence-electron chi connectivity index (χ1n) is 6.43. The molecule has 0 rings (SSSR count). The third-order valence-electron chi connectivity index (χ3n) is 2.63. The Bertz CT molecular complexity index is 79.2. The van der Waals surface area contributed by atoms with Gasteiger partial charge in [-0.3, -0.25) is 0 Å². The van der Waals surface area contributed by atoms with Gasteiger partial charge >= 0.3 is 0 Å². The summed E-state index contributed by atoms with van der Waals surface area (Å²) in [6.07, 6.45) is 12.7. The van der Waals surface area contributed by atoms with E-state index in [0.717, 1.165) is 6.54 Å². The van der Waals surface area contributed by atoms with E-state index < -0.39 is 0 Å². The zero-order valence-electron chi connectivity index (χ0n) is 10.1. The summed E-state index contributed by atoms with van der Waals surface area (Å²) in [6, 6.07) is 0. The van der Waals surface area contributed by atoms with Crippen LogP contribution in [0.4, 0.5) is 0 Å². The van der Waals surface area contributed by atoms with Crippen molar-refractivity contribution >= 4 is 0 Å². The van der Waals surface area contributed by atoms with Gasteiger partial charge in [0.1, 0.15) is 0 Å². The van der Waals surface area contributed by atoms with Crippen molar-refractivity contribution in [2.75, 3.05) is 6.54 Å². The summed E-state index contributed by atoms with van der Waals surface area (Å²) < 4.78 is 0. The van der Waals surface area contributed by atoms with Crippen LogP contribution in [-0.4, -0.2) is 6.54 Å². The van der Waals surface area contributed by atoms with Crippen LogP contribution in [0.1, 0.15) is 71.6 Å². The van der Waals surface area contributed by atoms with Crippen LogP contribution in [0.15, 0.2) is 0 Å². The quantitative estimate of drug-likeness (QED) is 0.488. The Labute approximate surface area is 90.7 Å². The summed E-state index contributed by atoms with van der Waals surface area (Å²) in [5.74, 6) is 0. The van der Waals surface area contributed by atoms with Crippen molar-refractivity contribution in [2.24, 2.45) is 0 Å². The molecule has 0 saturated carbocycles. The van der Waals surface area contributed by atoms with E-state index in [2.05, 4.69) is 12.2 Å². The van der Waals surface area contributed by atoms with E-state index in [4.69, 9.17) is 0 Å². The third-order valence-corrected chi connectivity index (χ3v) is 2.63. The molecule has 0 amide bonds. The van der Waals surface area contributed by atoms with E-state index in [1.54, 1.807) is 0 Å². The average molecular weight is 198 g/mol. The molecule has 1 radical (unpaired) electrons. The van der Waals surface area contributed by atoms with Gasteiger partial charge in [0, 0.05) is 6.54 Å². The smallest absolute Gasteiger partial charge is 0.0190 e. The maximum atomic E-state index is 3.24. The van der Waals surface area contributed by atoms with Gasteiger partial charge in [-0.2, -0.15) is 0 Å². The van der Waals surface area contributed by atoms with Crippen LogP contribution in [0.2, 0.25) is 0 Å². The van der Waals surface area contributed by atoms with Crippen molar-refractivity contribution < 1.29 is 0 Å². The Hall–Kier alpha value is -0.0400. The fourth-order valence-corrected chi connectivity index (χ4v) is 1.68. The Morgan fingerprint density at radius 3 is 1.79 bits per heavy atom. The summed E-state index contributed by atoms with van der Waals surface area (Å²) in [6.45, 7) is 7.52. The molecule has 14 heavy (non-hydrogen) atoms. The van der Waals surface area contributed by atoms with Crippen molar-refractivity contribution in [3.63, 3.8) is 0 Å². The van der Waals surface area contributed by atoms with E-state index in [9.17, 15) is 0 Å². The molecule has 0 unspecified atom stereocenters. The number of hydrogen-bond donors (Lipinski definition) is 1. The number of nitrogens with one attached hydrogen (secondary N) is 1. The van der Waals surface area contributed by atoms with Crippen molar-refractivity contribution in [1.29, 1.82) is 0 Å². The molecule has 0 aliphatic carbocycles. The van der Waals surface area contributed by atoms with E-state index in [0.29, 0.717) is 0 Å². The van der Waals surface area contributed by atoms with E-state index in [-0.39, 0.29) is 0 Å². The van der Waals surface area contributed by atoms with Crippen LogP contribution in [0.25, 0.3) is 0 Å². The van der Waals surface area contributed by atoms with Crippen molar-refractivity contribution in [3.05, 3.63) is 6.54 Å². The van der Waals surface area contributed by atoms with Crippen LogP contribution in [0.3, 0.4) is 0 Å². The highest BCUT2D eigenvalue weighted by molar-refractivity contribution is 4.53. The maximum absolute atomic E-state index is 3.24. The fraction of sp³-hybridized carbons (Fsp3) is 0.923. The first kappa shape index (κ1) is 14.0. The summed E-state index contributed by atoms with van der Waals surface area (Å²) in [5, 5.41) is 3.24. The van der Waals surface area contributed by atoms with E-state index in [1.165, 1.54) is 57.8 Å². The zero-order chi connectivity index (χ0) is 10.5. The molecule has 0 saturated heterocycles. The van der Waals surface area contributed by atoms with Crippen LogP contribution < -0.4 is 5.32 Å². The number of hydrogen-bond acceptors (Lipinski definition) is 1. The summed E-state index contributed by atoms with van der Waals surface area (Å²) in [4.78, 5) is 0. The molecule has 0 aromatic rings. The topological polar surface area (TPSA) is 12.0 Å². The molecule has 1 heteroatoms. The Balaban J connectivity index is 2.78. The summed E-state index contributed by atoms with van der Waals surface area (Å²) >= 11 is 0. The van der Waals surface area contributed by atoms with E-state index in [1.807, 2.05) is 13.5 Å². The molecule has 1 N–H and O–H groups in total. The molecule has 0 aliphatic rings. The Morgan fingerprint density at radius 1 is 0.786 bits per heavy atom. The van der Waals surface area contributed by atoms with Crippen LogP contribution in [0.5, 0.6) is 0 Å². The highest BCUT2D eigenvalue weighted by atomic mass is 14.8. The van der Waals surface area contributed by atoms with Gasteiger partial charge in [-0.1, -0.05) is 58.3 Å². The third kappa shape index (κ3) is 12.0. The minimum absolute atomic E-state index is 1.16. The largest absolute Gasteiger partial charge is 0.313 e. The minimum Gasteiger partial charge on any atom is -0.313 e. The zero-order valence-corrected chi connectivity index (χ0v) is 10.1. The molecule has 0 heterocycles. The van der Waals surface area contributed by atoms with Crippen molar-refractivity contribution in [3.8, 4) is 0 Å². The van der Waals surface area contributed by atoms with Gasteiger partial charge in [-0.05, 0) is 19.9 Å².